The second-order valence-electron chi connectivity index (χ2n) is 5.23. The Balaban J connectivity index is 2.51. The number of carbonyl (C=O) groups is 1. The van der Waals surface area contributed by atoms with E-state index in [2.05, 4.69) is 0 Å². The van der Waals surface area contributed by atoms with Crippen LogP contribution in [0.1, 0.15) is 37.3 Å². The average molecular weight is 284 g/mol. The molecule has 0 amide bonds. The molecule has 0 spiro atoms. The molecule has 20 heavy (non-hydrogen) atoms. The van der Waals surface area contributed by atoms with E-state index < -0.39 is 23.1 Å². The predicted molar refractivity (Wildman–Crippen MR) is 68.4 cm³/mol. The van der Waals surface area contributed by atoms with E-state index in [9.17, 15) is 23.1 Å². The standard InChI is InChI=1S/C15H15F3O2/c1-14(8-3-2-7-12(14)13(19)20)10-5-4-6-11(9-10)15(16,17)18/h4-7,9H,2-3,8H2,1H3,(H,19,20)/t14-/m0/s1. The number of benzene rings is 1. The number of aliphatic carboxylic acids is 1. The van der Waals surface area contributed by atoms with Crippen LogP contribution in [0.5, 0.6) is 0 Å². The maximum atomic E-state index is 12.8. The van der Waals surface area contributed by atoms with E-state index in [4.69, 9.17) is 0 Å². The molecule has 1 N–H and O–H groups in total. The monoisotopic (exact) mass is 284 g/mol. The van der Waals surface area contributed by atoms with E-state index in [1.165, 1.54) is 6.07 Å². The third kappa shape index (κ3) is 2.57. The van der Waals surface area contributed by atoms with Crippen LogP contribution in [0.4, 0.5) is 13.2 Å². The lowest BCUT2D eigenvalue weighted by Gasteiger charge is -2.34. The SMILES string of the molecule is C[C@@]1(c2cccc(C(F)(F)F)c2)CCCC=C1C(=O)O. The zero-order valence-corrected chi connectivity index (χ0v) is 11.0. The minimum Gasteiger partial charge on any atom is -0.478 e. The van der Waals surface area contributed by atoms with Crippen LogP contribution < -0.4 is 0 Å². The van der Waals surface area contributed by atoms with Gasteiger partial charge in [0.1, 0.15) is 0 Å². The Hall–Kier alpha value is -1.78. The smallest absolute Gasteiger partial charge is 0.416 e. The highest BCUT2D eigenvalue weighted by Gasteiger charge is 2.38. The van der Waals surface area contributed by atoms with Gasteiger partial charge in [0.2, 0.25) is 0 Å². The van der Waals surface area contributed by atoms with Gasteiger partial charge in [-0.25, -0.2) is 4.79 Å². The summed E-state index contributed by atoms with van der Waals surface area (Å²) in [5.74, 6) is -1.07. The summed E-state index contributed by atoms with van der Waals surface area (Å²) in [5.41, 5.74) is -1.03. The number of hydrogen-bond donors (Lipinski definition) is 1. The number of alkyl halides is 3. The Labute approximate surface area is 114 Å². The number of carboxylic acid groups (broad SMARTS) is 1. The molecule has 1 aliphatic rings. The van der Waals surface area contributed by atoms with Crippen molar-refractivity contribution in [1.82, 2.24) is 0 Å². The summed E-state index contributed by atoms with van der Waals surface area (Å²) in [6, 6.07) is 4.96. The molecular weight excluding hydrogens is 269 g/mol. The van der Waals surface area contributed by atoms with Gasteiger partial charge in [0.05, 0.1) is 5.56 Å². The van der Waals surface area contributed by atoms with Gasteiger partial charge in [0.15, 0.2) is 0 Å². The molecule has 1 aliphatic carbocycles. The number of carboxylic acids is 1. The van der Waals surface area contributed by atoms with Crippen LogP contribution in [-0.4, -0.2) is 11.1 Å². The summed E-state index contributed by atoms with van der Waals surface area (Å²) < 4.78 is 38.4. The Morgan fingerprint density at radius 2 is 2.05 bits per heavy atom. The van der Waals surface area contributed by atoms with Gasteiger partial charge in [-0.2, -0.15) is 13.2 Å². The predicted octanol–water partition coefficient (Wildman–Crippen LogP) is 4.16. The first-order chi connectivity index (χ1) is 9.25. The van der Waals surface area contributed by atoms with E-state index in [1.54, 1.807) is 19.1 Å². The fraction of sp³-hybridized carbons (Fsp3) is 0.400. The first-order valence-electron chi connectivity index (χ1n) is 6.37. The molecule has 5 heteroatoms. The van der Waals surface area contributed by atoms with E-state index in [0.29, 0.717) is 18.4 Å². The summed E-state index contributed by atoms with van der Waals surface area (Å²) in [7, 11) is 0. The van der Waals surface area contributed by atoms with Crippen LogP contribution >= 0.6 is 0 Å². The molecule has 0 saturated carbocycles. The first-order valence-corrected chi connectivity index (χ1v) is 6.37. The fourth-order valence-corrected chi connectivity index (χ4v) is 2.72. The van der Waals surface area contributed by atoms with Gasteiger partial charge in [-0.15, -0.1) is 0 Å². The molecule has 1 aromatic carbocycles. The maximum Gasteiger partial charge on any atom is 0.416 e. The van der Waals surface area contributed by atoms with Crippen molar-refractivity contribution in [2.75, 3.05) is 0 Å². The van der Waals surface area contributed by atoms with Crippen molar-refractivity contribution in [3.63, 3.8) is 0 Å². The molecule has 2 nitrogen and oxygen atoms in total. The van der Waals surface area contributed by atoms with Crippen molar-refractivity contribution in [3.05, 3.63) is 47.0 Å². The van der Waals surface area contributed by atoms with E-state index in [0.717, 1.165) is 18.6 Å². The molecule has 0 saturated heterocycles. The number of hydrogen-bond acceptors (Lipinski definition) is 1. The molecule has 0 aromatic heterocycles. The lowest BCUT2D eigenvalue weighted by atomic mass is 9.69. The van der Waals surface area contributed by atoms with Crippen molar-refractivity contribution in [2.24, 2.45) is 0 Å². The quantitative estimate of drug-likeness (QED) is 0.885. The minimum atomic E-state index is -4.42. The Bertz CT molecular complexity index is 560. The minimum absolute atomic E-state index is 0.183. The highest BCUT2D eigenvalue weighted by atomic mass is 19.4. The lowest BCUT2D eigenvalue weighted by Crippen LogP contribution is -2.31. The summed E-state index contributed by atoms with van der Waals surface area (Å²) in [5, 5.41) is 9.27. The van der Waals surface area contributed by atoms with Crippen LogP contribution in [0.3, 0.4) is 0 Å². The molecular formula is C15H15F3O2. The van der Waals surface area contributed by atoms with Crippen molar-refractivity contribution in [3.8, 4) is 0 Å². The van der Waals surface area contributed by atoms with Gasteiger partial charge in [-0.3, -0.25) is 0 Å². The van der Waals surface area contributed by atoms with E-state index in [1.807, 2.05) is 0 Å². The third-order valence-corrected chi connectivity index (χ3v) is 3.88. The van der Waals surface area contributed by atoms with Crippen molar-refractivity contribution in [2.45, 2.75) is 37.8 Å². The maximum absolute atomic E-state index is 12.8. The van der Waals surface area contributed by atoms with E-state index >= 15 is 0 Å². The zero-order chi connectivity index (χ0) is 15.0. The lowest BCUT2D eigenvalue weighted by molar-refractivity contribution is -0.137. The van der Waals surface area contributed by atoms with Crippen LogP contribution in [0, 0.1) is 0 Å². The summed E-state index contributed by atoms with van der Waals surface area (Å²) in [6.45, 7) is 1.70. The van der Waals surface area contributed by atoms with Crippen LogP contribution in [0.15, 0.2) is 35.9 Å². The van der Waals surface area contributed by atoms with Gasteiger partial charge < -0.3 is 5.11 Å². The molecule has 0 bridgehead atoms. The molecule has 0 unspecified atom stereocenters. The van der Waals surface area contributed by atoms with Gasteiger partial charge in [-0.05, 0) is 30.9 Å². The van der Waals surface area contributed by atoms with Gasteiger partial charge in [0.25, 0.3) is 0 Å². The van der Waals surface area contributed by atoms with Crippen molar-refractivity contribution >= 4 is 5.97 Å². The second kappa shape index (κ2) is 4.96. The molecule has 0 radical (unpaired) electrons. The summed E-state index contributed by atoms with van der Waals surface area (Å²) in [6.07, 6.45) is -0.855. The second-order valence-corrected chi connectivity index (χ2v) is 5.23. The average Bonchev–Trinajstić information content (AvgIpc) is 2.38. The Morgan fingerprint density at radius 3 is 2.65 bits per heavy atom. The fourth-order valence-electron chi connectivity index (χ4n) is 2.72. The first kappa shape index (κ1) is 14.6. The van der Waals surface area contributed by atoms with Crippen molar-refractivity contribution < 1.29 is 23.1 Å². The highest BCUT2D eigenvalue weighted by molar-refractivity contribution is 5.90. The molecule has 1 atom stereocenters. The van der Waals surface area contributed by atoms with Crippen LogP contribution in [0.2, 0.25) is 0 Å². The molecule has 1 aromatic rings. The molecule has 0 aliphatic heterocycles. The van der Waals surface area contributed by atoms with Crippen molar-refractivity contribution in [1.29, 1.82) is 0 Å². The highest BCUT2D eigenvalue weighted by Crippen LogP contribution is 2.42. The van der Waals surface area contributed by atoms with Gasteiger partial charge in [-0.1, -0.05) is 31.2 Å². The number of allylic oxidation sites excluding steroid dienone is 1. The topological polar surface area (TPSA) is 37.3 Å². The Kier molecular flexibility index (Phi) is 3.63. The van der Waals surface area contributed by atoms with Crippen LogP contribution in [0.25, 0.3) is 0 Å². The van der Waals surface area contributed by atoms with Crippen LogP contribution in [-0.2, 0) is 16.4 Å². The molecule has 108 valence electrons. The number of rotatable bonds is 2. The molecule has 0 fully saturated rings. The van der Waals surface area contributed by atoms with Gasteiger partial charge >= 0.3 is 12.1 Å². The summed E-state index contributed by atoms with van der Waals surface area (Å²) >= 11 is 0. The van der Waals surface area contributed by atoms with Gasteiger partial charge in [0, 0.05) is 11.0 Å². The largest absolute Gasteiger partial charge is 0.478 e. The molecule has 2 rings (SSSR count). The normalized spacial score (nSPS) is 23.3. The number of halogens is 3. The third-order valence-electron chi connectivity index (χ3n) is 3.88. The zero-order valence-electron chi connectivity index (χ0n) is 11.0. The van der Waals surface area contributed by atoms with E-state index in [-0.39, 0.29) is 5.57 Å². The summed E-state index contributed by atoms with van der Waals surface area (Å²) in [4.78, 5) is 11.3. The Morgan fingerprint density at radius 1 is 1.35 bits per heavy atom. The molecule has 0 heterocycles.